The van der Waals surface area contributed by atoms with Crippen molar-refractivity contribution in [3.05, 3.63) is 76.1 Å². The number of para-hydroxylation sites is 1. The number of piperidine rings is 1. The Labute approximate surface area is 282 Å². The van der Waals surface area contributed by atoms with E-state index in [9.17, 15) is 9.90 Å². The van der Waals surface area contributed by atoms with Crippen molar-refractivity contribution in [3.8, 4) is 16.9 Å². The second kappa shape index (κ2) is 14.0. The van der Waals surface area contributed by atoms with Crippen LogP contribution in [0, 0.1) is 25.2 Å². The molecule has 1 N–H and O–H groups in total. The molecule has 3 heterocycles. The summed E-state index contributed by atoms with van der Waals surface area (Å²) in [7, 11) is 0. The van der Waals surface area contributed by atoms with Gasteiger partial charge in [-0.2, -0.15) is 0 Å². The summed E-state index contributed by atoms with van der Waals surface area (Å²) in [6.45, 7) is 23.8. The second-order valence-electron chi connectivity index (χ2n) is 15.8. The number of aromatic nitrogens is 1. The van der Waals surface area contributed by atoms with E-state index in [4.69, 9.17) is 14.5 Å². The average molecular weight is 642 g/mol. The highest BCUT2D eigenvalue weighted by molar-refractivity contribution is 5.88. The molecular formula is C40H55N3O4. The number of hydrogen-bond acceptors (Lipinski definition) is 6. The van der Waals surface area contributed by atoms with Crippen LogP contribution in [0.5, 0.6) is 5.75 Å². The molecule has 0 radical (unpaired) electrons. The highest BCUT2D eigenvalue weighted by Crippen LogP contribution is 2.45. The second-order valence-corrected chi connectivity index (χ2v) is 15.8. The zero-order valence-corrected chi connectivity index (χ0v) is 30.1. The first-order valence-electron chi connectivity index (χ1n) is 17.3. The molecule has 1 fully saturated rings. The third-order valence-electron chi connectivity index (χ3n) is 9.50. The number of fused-ring (bicyclic) bond motifs is 1. The minimum atomic E-state index is -1.12. The zero-order valence-electron chi connectivity index (χ0n) is 30.1. The van der Waals surface area contributed by atoms with Crippen LogP contribution in [0.25, 0.3) is 11.1 Å². The summed E-state index contributed by atoms with van der Waals surface area (Å²) in [5.74, 6) is 0.468. The van der Waals surface area contributed by atoms with Gasteiger partial charge in [0.15, 0.2) is 6.10 Å². The third-order valence-corrected chi connectivity index (χ3v) is 9.50. The molecule has 3 aromatic rings. The molecule has 0 saturated carbocycles. The number of hydrogen-bond donors (Lipinski definition) is 1. The lowest BCUT2D eigenvalue weighted by Gasteiger charge is -2.41. The number of carbonyl (C=O) groups is 1. The van der Waals surface area contributed by atoms with E-state index >= 15 is 0 Å². The Morgan fingerprint density at radius 3 is 2.36 bits per heavy atom. The molecule has 0 aliphatic carbocycles. The predicted octanol–water partition coefficient (Wildman–Crippen LogP) is 8.53. The Morgan fingerprint density at radius 2 is 1.70 bits per heavy atom. The van der Waals surface area contributed by atoms with Crippen LogP contribution < -0.4 is 9.64 Å². The minimum absolute atomic E-state index is 0.251. The Kier molecular flexibility index (Phi) is 10.4. The van der Waals surface area contributed by atoms with Gasteiger partial charge >= 0.3 is 5.97 Å². The van der Waals surface area contributed by atoms with E-state index in [1.165, 1.54) is 16.7 Å². The molecule has 1 saturated heterocycles. The van der Waals surface area contributed by atoms with E-state index < -0.39 is 17.7 Å². The summed E-state index contributed by atoms with van der Waals surface area (Å²) in [4.78, 5) is 22.7. The Hall–Kier alpha value is -3.42. The Balaban J connectivity index is 1.51. The van der Waals surface area contributed by atoms with Gasteiger partial charge in [-0.3, -0.25) is 9.88 Å². The zero-order chi connectivity index (χ0) is 34.1. The first-order chi connectivity index (χ1) is 22.1. The van der Waals surface area contributed by atoms with Gasteiger partial charge < -0.3 is 19.5 Å². The number of carboxylic acids is 1. The minimum Gasteiger partial charge on any atom is -0.493 e. The molecule has 0 amide bonds. The molecule has 2 aromatic carbocycles. The van der Waals surface area contributed by atoms with Crippen LogP contribution in [0.4, 0.5) is 5.69 Å². The van der Waals surface area contributed by atoms with Crippen molar-refractivity contribution >= 4 is 11.7 Å². The van der Waals surface area contributed by atoms with Crippen molar-refractivity contribution in [1.29, 1.82) is 0 Å². The quantitative estimate of drug-likeness (QED) is 0.238. The number of aliphatic carboxylic acids is 1. The van der Waals surface area contributed by atoms with Crippen molar-refractivity contribution in [2.24, 2.45) is 11.3 Å². The number of ether oxygens (including phenoxy) is 2. The fourth-order valence-corrected chi connectivity index (χ4v) is 6.93. The van der Waals surface area contributed by atoms with E-state index in [0.29, 0.717) is 23.8 Å². The molecule has 2 aliphatic rings. The maximum Gasteiger partial charge on any atom is 0.337 e. The fourth-order valence-electron chi connectivity index (χ4n) is 6.93. The number of carboxylic acid groups (broad SMARTS) is 1. The first-order valence-corrected chi connectivity index (χ1v) is 17.3. The summed E-state index contributed by atoms with van der Waals surface area (Å²) in [5.41, 5.74) is 8.91. The third kappa shape index (κ3) is 8.36. The molecule has 5 rings (SSSR count). The summed E-state index contributed by atoms with van der Waals surface area (Å²) in [6, 6.07) is 15.2. The fraction of sp³-hybridized carbons (Fsp3) is 0.550. The monoisotopic (exact) mass is 641 g/mol. The molecule has 254 valence electrons. The van der Waals surface area contributed by atoms with E-state index in [1.807, 2.05) is 33.8 Å². The van der Waals surface area contributed by atoms with Gasteiger partial charge in [-0.1, -0.05) is 64.1 Å². The Bertz CT molecular complexity index is 1580. The maximum absolute atomic E-state index is 12.9. The predicted molar refractivity (Wildman–Crippen MR) is 190 cm³/mol. The lowest BCUT2D eigenvalue weighted by molar-refractivity contribution is -0.160. The molecule has 7 heteroatoms. The van der Waals surface area contributed by atoms with Crippen molar-refractivity contribution in [2.75, 3.05) is 31.1 Å². The molecule has 1 aromatic heterocycles. The summed E-state index contributed by atoms with van der Waals surface area (Å²) in [5, 5.41) is 10.5. The first kappa shape index (κ1) is 34.9. The van der Waals surface area contributed by atoms with Gasteiger partial charge in [0.1, 0.15) is 5.75 Å². The van der Waals surface area contributed by atoms with Gasteiger partial charge in [-0.15, -0.1) is 0 Å². The number of aryl methyl sites for hydroxylation is 2. The molecule has 0 spiro atoms. The molecule has 0 bridgehead atoms. The van der Waals surface area contributed by atoms with E-state index in [2.05, 4.69) is 80.8 Å². The van der Waals surface area contributed by atoms with Crippen LogP contribution in [0.1, 0.15) is 101 Å². The lowest BCUT2D eigenvalue weighted by atomic mass is 9.81. The van der Waals surface area contributed by atoms with Gasteiger partial charge in [0.05, 0.1) is 17.9 Å². The van der Waals surface area contributed by atoms with Gasteiger partial charge in [0, 0.05) is 60.8 Å². The smallest absolute Gasteiger partial charge is 0.337 e. The maximum atomic E-state index is 12.9. The topological polar surface area (TPSA) is 75.1 Å². The van der Waals surface area contributed by atoms with Gasteiger partial charge in [-0.05, 0) is 88.0 Å². The normalized spacial score (nSPS) is 17.4. The van der Waals surface area contributed by atoms with Crippen LogP contribution in [-0.2, 0) is 29.0 Å². The average Bonchev–Trinajstić information content (AvgIpc) is 2.99. The van der Waals surface area contributed by atoms with Gasteiger partial charge in [0.25, 0.3) is 0 Å². The Morgan fingerprint density at radius 1 is 1.00 bits per heavy atom. The lowest BCUT2D eigenvalue weighted by Crippen LogP contribution is -2.39. The SMILES string of the molecule is Cc1nc(C)c(C(OC(C)(C)C)C(=O)O)c(N2CCC(C)(C)CC2)c1-c1ccc2c(c1)CCN(Cc1ccccc1OCC(C)C)C2. The number of rotatable bonds is 10. The van der Waals surface area contributed by atoms with Crippen LogP contribution in [0.3, 0.4) is 0 Å². The van der Waals surface area contributed by atoms with Crippen molar-refractivity contribution in [3.63, 3.8) is 0 Å². The van der Waals surface area contributed by atoms with Crippen molar-refractivity contribution in [1.82, 2.24) is 9.88 Å². The molecule has 1 atom stereocenters. The van der Waals surface area contributed by atoms with Crippen molar-refractivity contribution < 1.29 is 19.4 Å². The van der Waals surface area contributed by atoms with Crippen LogP contribution >= 0.6 is 0 Å². The summed E-state index contributed by atoms with van der Waals surface area (Å²) in [6.07, 6.45) is 1.90. The summed E-state index contributed by atoms with van der Waals surface area (Å²) >= 11 is 0. The van der Waals surface area contributed by atoms with Crippen LogP contribution in [0.2, 0.25) is 0 Å². The molecule has 47 heavy (non-hydrogen) atoms. The molecule has 7 nitrogen and oxygen atoms in total. The number of benzene rings is 2. The van der Waals surface area contributed by atoms with Gasteiger partial charge in [-0.25, -0.2) is 4.79 Å². The molecule has 2 aliphatic heterocycles. The molecule has 1 unspecified atom stereocenters. The standard InChI is InChI=1S/C40H55N3O4/c1-26(2)25-46-33-13-11-10-12-32(33)24-42-19-16-29-22-30(14-15-31(29)23-42)34-27(3)41-28(4)35(37(38(44)45)47-39(5,6)7)36(34)43-20-17-40(8,9)18-21-43/h10-15,22,26,37H,16-21,23-25H2,1-9H3,(H,44,45). The number of pyridine rings is 1. The van der Waals surface area contributed by atoms with E-state index in [0.717, 1.165) is 80.2 Å². The number of anilines is 1. The van der Waals surface area contributed by atoms with Crippen LogP contribution in [-0.4, -0.2) is 52.8 Å². The van der Waals surface area contributed by atoms with E-state index in [-0.39, 0.29) is 5.41 Å². The van der Waals surface area contributed by atoms with Gasteiger partial charge in [0.2, 0.25) is 0 Å². The van der Waals surface area contributed by atoms with Crippen molar-refractivity contribution in [2.45, 2.75) is 106 Å². The van der Waals surface area contributed by atoms with Crippen LogP contribution in [0.15, 0.2) is 42.5 Å². The molecular weight excluding hydrogens is 586 g/mol. The number of nitrogens with zero attached hydrogens (tertiary/aromatic N) is 3. The largest absolute Gasteiger partial charge is 0.493 e. The summed E-state index contributed by atoms with van der Waals surface area (Å²) < 4.78 is 12.4. The highest BCUT2D eigenvalue weighted by Gasteiger charge is 2.36. The van der Waals surface area contributed by atoms with E-state index in [1.54, 1.807) is 0 Å². The highest BCUT2D eigenvalue weighted by atomic mass is 16.5.